The summed E-state index contributed by atoms with van der Waals surface area (Å²) in [6.45, 7) is 1.83. The average molecular weight is 258 g/mol. The van der Waals surface area contributed by atoms with E-state index in [1.807, 2.05) is 36.3 Å². The van der Waals surface area contributed by atoms with Gasteiger partial charge < -0.3 is 20.5 Å². The monoisotopic (exact) mass is 258 g/mol. The van der Waals surface area contributed by atoms with Crippen LogP contribution in [0.15, 0.2) is 30.7 Å². The lowest BCUT2D eigenvalue weighted by Gasteiger charge is -2.20. The summed E-state index contributed by atoms with van der Waals surface area (Å²) in [5.74, 6) is 2.81. The maximum Gasteiger partial charge on any atom is 0.139 e. The molecule has 1 aliphatic rings. The quantitative estimate of drug-likeness (QED) is 0.862. The average Bonchev–Trinajstić information content (AvgIpc) is 3.09. The van der Waals surface area contributed by atoms with Crippen LogP contribution < -0.4 is 15.5 Å². The van der Waals surface area contributed by atoms with Crippen LogP contribution in [0.5, 0.6) is 0 Å². The number of H-pyrrole nitrogens is 1. The first-order chi connectivity index (χ1) is 9.24. The minimum atomic E-state index is 0.250. The number of rotatable bonds is 3. The zero-order chi connectivity index (χ0) is 13.2. The number of anilines is 3. The van der Waals surface area contributed by atoms with Crippen molar-refractivity contribution in [1.82, 2.24) is 15.0 Å². The third-order valence-corrected chi connectivity index (χ3v) is 3.47. The van der Waals surface area contributed by atoms with Crippen molar-refractivity contribution in [2.75, 3.05) is 29.9 Å². The standard InChI is InChI=1S/C13H18N6/c1-18(11-3-2-5-15-11)12-7-13(17-9-16-12)19-6-4-10(14)8-19/h2-3,5,7,9-10,15H,4,6,8,14H2,1H3. The summed E-state index contributed by atoms with van der Waals surface area (Å²) in [4.78, 5) is 16.0. The third-order valence-electron chi connectivity index (χ3n) is 3.47. The summed E-state index contributed by atoms with van der Waals surface area (Å²) in [5, 5.41) is 0. The summed E-state index contributed by atoms with van der Waals surface area (Å²) in [7, 11) is 1.98. The van der Waals surface area contributed by atoms with E-state index in [1.54, 1.807) is 6.33 Å². The Balaban J connectivity index is 1.84. The first-order valence-corrected chi connectivity index (χ1v) is 6.44. The molecule has 1 saturated heterocycles. The topological polar surface area (TPSA) is 74.1 Å². The van der Waals surface area contributed by atoms with Crippen molar-refractivity contribution in [3.05, 3.63) is 30.7 Å². The van der Waals surface area contributed by atoms with Gasteiger partial charge in [0.15, 0.2) is 0 Å². The van der Waals surface area contributed by atoms with E-state index in [0.29, 0.717) is 0 Å². The number of aromatic nitrogens is 3. The van der Waals surface area contributed by atoms with Crippen LogP contribution in [0.3, 0.4) is 0 Å². The van der Waals surface area contributed by atoms with Gasteiger partial charge in [-0.1, -0.05) is 0 Å². The number of hydrogen-bond donors (Lipinski definition) is 2. The molecule has 100 valence electrons. The molecule has 3 rings (SSSR count). The van der Waals surface area contributed by atoms with Crippen LogP contribution in [-0.4, -0.2) is 41.1 Å². The van der Waals surface area contributed by atoms with Gasteiger partial charge in [-0.3, -0.25) is 0 Å². The first-order valence-electron chi connectivity index (χ1n) is 6.44. The predicted molar refractivity (Wildman–Crippen MR) is 75.7 cm³/mol. The van der Waals surface area contributed by atoms with Gasteiger partial charge in [0.2, 0.25) is 0 Å². The molecular formula is C13H18N6. The van der Waals surface area contributed by atoms with Gasteiger partial charge in [0.05, 0.1) is 0 Å². The fourth-order valence-electron chi connectivity index (χ4n) is 2.34. The van der Waals surface area contributed by atoms with E-state index >= 15 is 0 Å². The zero-order valence-electron chi connectivity index (χ0n) is 11.0. The second-order valence-electron chi connectivity index (χ2n) is 4.84. The van der Waals surface area contributed by atoms with E-state index in [2.05, 4.69) is 19.9 Å². The molecule has 0 aromatic carbocycles. The molecule has 1 unspecified atom stereocenters. The van der Waals surface area contributed by atoms with Gasteiger partial charge in [-0.2, -0.15) is 0 Å². The van der Waals surface area contributed by atoms with E-state index in [9.17, 15) is 0 Å². The minimum absolute atomic E-state index is 0.250. The molecule has 2 aromatic heterocycles. The van der Waals surface area contributed by atoms with E-state index in [1.165, 1.54) is 0 Å². The largest absolute Gasteiger partial charge is 0.355 e. The van der Waals surface area contributed by atoms with Crippen LogP contribution in [0.2, 0.25) is 0 Å². The van der Waals surface area contributed by atoms with Crippen molar-refractivity contribution in [2.24, 2.45) is 5.73 Å². The van der Waals surface area contributed by atoms with Crippen LogP contribution in [0.25, 0.3) is 0 Å². The molecule has 3 heterocycles. The molecule has 0 saturated carbocycles. The molecule has 0 bridgehead atoms. The van der Waals surface area contributed by atoms with Crippen LogP contribution in [0, 0.1) is 0 Å². The van der Waals surface area contributed by atoms with Crippen molar-refractivity contribution in [2.45, 2.75) is 12.5 Å². The maximum absolute atomic E-state index is 5.94. The molecule has 19 heavy (non-hydrogen) atoms. The van der Waals surface area contributed by atoms with Gasteiger partial charge in [0.25, 0.3) is 0 Å². The Bertz CT molecular complexity index is 538. The van der Waals surface area contributed by atoms with E-state index in [0.717, 1.165) is 37.0 Å². The van der Waals surface area contributed by atoms with Crippen molar-refractivity contribution in [1.29, 1.82) is 0 Å². The fourth-order valence-corrected chi connectivity index (χ4v) is 2.34. The molecule has 0 amide bonds. The zero-order valence-corrected chi connectivity index (χ0v) is 11.0. The van der Waals surface area contributed by atoms with Gasteiger partial charge in [-0.15, -0.1) is 0 Å². The van der Waals surface area contributed by atoms with Crippen molar-refractivity contribution in [3.8, 4) is 0 Å². The van der Waals surface area contributed by atoms with Crippen LogP contribution in [-0.2, 0) is 0 Å². The Morgan fingerprint density at radius 3 is 3.05 bits per heavy atom. The molecule has 3 N–H and O–H groups in total. The molecular weight excluding hydrogens is 240 g/mol. The highest BCUT2D eigenvalue weighted by Gasteiger charge is 2.21. The fraction of sp³-hybridized carbons (Fsp3) is 0.385. The summed E-state index contributed by atoms with van der Waals surface area (Å²) < 4.78 is 0. The highest BCUT2D eigenvalue weighted by molar-refractivity contribution is 5.59. The Hall–Kier alpha value is -2.08. The molecule has 6 heteroatoms. The number of nitrogens with zero attached hydrogens (tertiary/aromatic N) is 4. The van der Waals surface area contributed by atoms with Crippen LogP contribution in [0.1, 0.15) is 6.42 Å². The lowest BCUT2D eigenvalue weighted by atomic mass is 10.3. The van der Waals surface area contributed by atoms with Crippen LogP contribution in [0.4, 0.5) is 17.5 Å². The van der Waals surface area contributed by atoms with Gasteiger partial charge in [-0.25, -0.2) is 9.97 Å². The molecule has 0 aliphatic carbocycles. The molecule has 1 atom stereocenters. The number of nitrogens with one attached hydrogen (secondary N) is 1. The summed E-state index contributed by atoms with van der Waals surface area (Å²) in [5.41, 5.74) is 5.94. The summed E-state index contributed by atoms with van der Waals surface area (Å²) >= 11 is 0. The van der Waals surface area contributed by atoms with Crippen molar-refractivity contribution >= 4 is 17.5 Å². The molecule has 1 aliphatic heterocycles. The van der Waals surface area contributed by atoms with Gasteiger partial charge in [0, 0.05) is 38.4 Å². The maximum atomic E-state index is 5.94. The van der Waals surface area contributed by atoms with Gasteiger partial charge >= 0.3 is 0 Å². The lowest BCUT2D eigenvalue weighted by molar-refractivity contribution is 0.751. The lowest BCUT2D eigenvalue weighted by Crippen LogP contribution is -2.27. The third kappa shape index (κ3) is 2.39. The van der Waals surface area contributed by atoms with Crippen LogP contribution >= 0.6 is 0 Å². The SMILES string of the molecule is CN(c1cc(N2CCC(N)C2)ncn1)c1ccc[nH]1. The molecule has 6 nitrogen and oxygen atoms in total. The number of nitrogens with two attached hydrogens (primary N) is 1. The van der Waals surface area contributed by atoms with E-state index in [4.69, 9.17) is 5.73 Å². The first kappa shape index (κ1) is 12.0. The van der Waals surface area contributed by atoms with Gasteiger partial charge in [-0.05, 0) is 18.6 Å². The molecule has 1 fully saturated rings. The van der Waals surface area contributed by atoms with Crippen molar-refractivity contribution in [3.63, 3.8) is 0 Å². The number of aromatic amines is 1. The molecule has 0 spiro atoms. The molecule has 0 radical (unpaired) electrons. The Labute approximate surface area is 112 Å². The smallest absolute Gasteiger partial charge is 0.139 e. The Morgan fingerprint density at radius 2 is 2.37 bits per heavy atom. The minimum Gasteiger partial charge on any atom is -0.355 e. The summed E-state index contributed by atoms with van der Waals surface area (Å²) in [6.07, 6.45) is 4.52. The number of hydrogen-bond acceptors (Lipinski definition) is 5. The highest BCUT2D eigenvalue weighted by atomic mass is 15.3. The van der Waals surface area contributed by atoms with Gasteiger partial charge in [0.1, 0.15) is 23.8 Å². The second-order valence-corrected chi connectivity index (χ2v) is 4.84. The van der Waals surface area contributed by atoms with Crippen molar-refractivity contribution < 1.29 is 0 Å². The van der Waals surface area contributed by atoms with E-state index in [-0.39, 0.29) is 6.04 Å². The summed E-state index contributed by atoms with van der Waals surface area (Å²) in [6, 6.07) is 6.22. The predicted octanol–water partition coefficient (Wildman–Crippen LogP) is 1.11. The second kappa shape index (κ2) is 4.89. The Kier molecular flexibility index (Phi) is 3.08. The van der Waals surface area contributed by atoms with E-state index < -0.39 is 0 Å². The normalized spacial score (nSPS) is 18.8. The highest BCUT2D eigenvalue weighted by Crippen LogP contribution is 2.24. The molecule has 2 aromatic rings. The Morgan fingerprint density at radius 1 is 1.47 bits per heavy atom.